The first kappa shape index (κ1) is 18.3. The molecular weight excluding hydrogens is 374 g/mol. The summed E-state index contributed by atoms with van der Waals surface area (Å²) in [5.41, 5.74) is 2.31. The average Bonchev–Trinajstić information content (AvgIpc) is 3.02. The summed E-state index contributed by atoms with van der Waals surface area (Å²) in [5, 5.41) is 13.6. The van der Waals surface area contributed by atoms with E-state index in [-0.39, 0.29) is 11.4 Å². The van der Waals surface area contributed by atoms with E-state index in [1.807, 2.05) is 6.07 Å². The van der Waals surface area contributed by atoms with Gasteiger partial charge in [0.15, 0.2) is 5.65 Å². The molecule has 0 radical (unpaired) electrons. The fourth-order valence-electron chi connectivity index (χ4n) is 2.58. The Bertz CT molecular complexity index is 1120. The second kappa shape index (κ2) is 7.03. The van der Waals surface area contributed by atoms with E-state index < -0.39 is 10.0 Å². The van der Waals surface area contributed by atoms with E-state index >= 15 is 0 Å². The van der Waals surface area contributed by atoms with Gasteiger partial charge in [0, 0.05) is 25.4 Å². The Kier molecular flexibility index (Phi) is 4.96. The zero-order valence-corrected chi connectivity index (χ0v) is 15.8. The van der Waals surface area contributed by atoms with Gasteiger partial charge in [-0.2, -0.15) is 10.4 Å². The fourth-order valence-corrected chi connectivity index (χ4v) is 4.14. The molecular formula is C17H16ClN5O2S. The molecule has 26 heavy (non-hydrogen) atoms. The van der Waals surface area contributed by atoms with Gasteiger partial charge in [-0.05, 0) is 37.1 Å². The number of halogens is 1. The maximum atomic E-state index is 12.9. The third-order valence-electron chi connectivity index (χ3n) is 4.11. The minimum atomic E-state index is -3.71. The first-order valence-corrected chi connectivity index (χ1v) is 9.60. The highest BCUT2D eigenvalue weighted by atomic mass is 35.5. The van der Waals surface area contributed by atoms with E-state index in [4.69, 9.17) is 16.9 Å². The summed E-state index contributed by atoms with van der Waals surface area (Å²) < 4.78 is 28.6. The number of rotatable bonds is 5. The summed E-state index contributed by atoms with van der Waals surface area (Å²) >= 11 is 5.92. The Balaban J connectivity index is 1.84. The van der Waals surface area contributed by atoms with Crippen LogP contribution >= 0.6 is 11.6 Å². The molecule has 3 aromatic rings. The first-order valence-electron chi connectivity index (χ1n) is 7.79. The molecule has 0 spiro atoms. The van der Waals surface area contributed by atoms with Gasteiger partial charge < -0.3 is 0 Å². The van der Waals surface area contributed by atoms with Crippen LogP contribution in [0.3, 0.4) is 0 Å². The van der Waals surface area contributed by atoms with E-state index in [1.165, 1.54) is 17.4 Å². The Hall–Kier alpha value is -2.47. The largest absolute Gasteiger partial charge is 0.243 e. The average molecular weight is 390 g/mol. The van der Waals surface area contributed by atoms with Gasteiger partial charge in [-0.15, -0.1) is 0 Å². The normalized spacial score (nSPS) is 11.8. The van der Waals surface area contributed by atoms with Crippen molar-refractivity contribution < 1.29 is 8.42 Å². The zero-order valence-electron chi connectivity index (χ0n) is 14.2. The van der Waals surface area contributed by atoms with Crippen LogP contribution in [0.1, 0.15) is 16.7 Å². The molecule has 0 unspecified atom stereocenters. The number of likely N-dealkylation sites (N-methyl/N-ethyl adjacent to an activating group) is 1. The molecule has 0 saturated carbocycles. The number of aryl methyl sites for hydroxylation is 1. The molecule has 0 atom stereocenters. The predicted molar refractivity (Wildman–Crippen MR) is 97.4 cm³/mol. The molecule has 0 amide bonds. The number of hydrogen-bond donors (Lipinski definition) is 0. The Morgan fingerprint density at radius 3 is 2.85 bits per heavy atom. The molecule has 3 rings (SSSR count). The Morgan fingerprint density at radius 1 is 1.35 bits per heavy atom. The minimum Gasteiger partial charge on any atom is -0.222 e. The van der Waals surface area contributed by atoms with Crippen molar-refractivity contribution in [2.45, 2.75) is 18.2 Å². The van der Waals surface area contributed by atoms with Crippen molar-refractivity contribution in [3.63, 3.8) is 0 Å². The number of nitriles is 1. The van der Waals surface area contributed by atoms with Gasteiger partial charge in [0.1, 0.15) is 5.15 Å². The number of benzene rings is 1. The zero-order chi connectivity index (χ0) is 18.9. The van der Waals surface area contributed by atoms with Gasteiger partial charge in [0.2, 0.25) is 10.0 Å². The number of aromatic nitrogens is 3. The van der Waals surface area contributed by atoms with Gasteiger partial charge in [0.25, 0.3) is 0 Å². The first-order chi connectivity index (χ1) is 12.3. The lowest BCUT2D eigenvalue weighted by atomic mass is 10.2. The molecule has 0 saturated heterocycles. The molecule has 0 aliphatic heterocycles. The third-order valence-corrected chi connectivity index (χ3v) is 6.32. The topological polar surface area (TPSA) is 91.4 Å². The summed E-state index contributed by atoms with van der Waals surface area (Å²) in [4.78, 5) is 4.37. The van der Waals surface area contributed by atoms with Gasteiger partial charge in [0.05, 0.1) is 22.7 Å². The molecule has 0 fully saturated rings. The lowest BCUT2D eigenvalue weighted by molar-refractivity contribution is 0.472. The number of nitrogens with zero attached hydrogens (tertiary/aromatic N) is 5. The van der Waals surface area contributed by atoms with Gasteiger partial charge in [-0.25, -0.2) is 22.2 Å². The standard InChI is InChI=1S/C17H16ClN5O2S/c1-12-3-4-13(10-19)9-15(12)26(24,25)22(2)7-5-14-11-20-23-8-6-16(18)21-17(14)23/h3-4,6,8-9,11H,5,7H2,1-2H3. The van der Waals surface area contributed by atoms with Crippen LogP contribution in [0.15, 0.2) is 41.6 Å². The summed E-state index contributed by atoms with van der Waals surface area (Å²) in [7, 11) is -2.19. The summed E-state index contributed by atoms with van der Waals surface area (Å²) in [5.74, 6) is 0. The maximum absolute atomic E-state index is 12.9. The number of sulfonamides is 1. The lowest BCUT2D eigenvalue weighted by Crippen LogP contribution is -2.29. The van der Waals surface area contributed by atoms with Crippen LogP contribution in [0.5, 0.6) is 0 Å². The van der Waals surface area contributed by atoms with E-state index in [2.05, 4.69) is 10.1 Å². The van der Waals surface area contributed by atoms with Crippen LogP contribution < -0.4 is 0 Å². The molecule has 0 aliphatic rings. The molecule has 2 aromatic heterocycles. The Labute approximate surface area is 156 Å². The van der Waals surface area contributed by atoms with E-state index in [0.717, 1.165) is 5.56 Å². The fraction of sp³-hybridized carbons (Fsp3) is 0.235. The van der Waals surface area contributed by atoms with Crippen molar-refractivity contribution in [2.75, 3.05) is 13.6 Å². The van der Waals surface area contributed by atoms with Gasteiger partial charge >= 0.3 is 0 Å². The van der Waals surface area contributed by atoms with Crippen molar-refractivity contribution in [2.24, 2.45) is 0 Å². The maximum Gasteiger partial charge on any atom is 0.243 e. The van der Waals surface area contributed by atoms with Gasteiger partial charge in [-0.1, -0.05) is 17.7 Å². The quantitative estimate of drug-likeness (QED) is 0.625. The van der Waals surface area contributed by atoms with Crippen molar-refractivity contribution in [1.82, 2.24) is 18.9 Å². The predicted octanol–water partition coefficient (Wildman–Crippen LogP) is 2.43. The van der Waals surface area contributed by atoms with Crippen LogP contribution in [0.2, 0.25) is 5.15 Å². The molecule has 0 N–H and O–H groups in total. The van der Waals surface area contributed by atoms with E-state index in [1.54, 1.807) is 42.0 Å². The SMILES string of the molecule is Cc1ccc(C#N)cc1S(=O)(=O)N(C)CCc1cnn2ccc(Cl)nc12. The van der Waals surface area contributed by atoms with Gasteiger partial charge in [-0.3, -0.25) is 0 Å². The molecule has 2 heterocycles. The van der Waals surface area contributed by atoms with Crippen LogP contribution in [-0.4, -0.2) is 40.9 Å². The molecule has 0 bridgehead atoms. The number of hydrogen-bond acceptors (Lipinski definition) is 5. The lowest BCUT2D eigenvalue weighted by Gasteiger charge is -2.18. The molecule has 7 nitrogen and oxygen atoms in total. The second-order valence-corrected chi connectivity index (χ2v) is 8.26. The molecule has 1 aromatic carbocycles. The van der Waals surface area contributed by atoms with Crippen LogP contribution in [-0.2, 0) is 16.4 Å². The minimum absolute atomic E-state index is 0.139. The molecule has 0 aliphatic carbocycles. The summed E-state index contributed by atoms with van der Waals surface area (Å²) in [6.07, 6.45) is 3.79. The van der Waals surface area contributed by atoms with Crippen LogP contribution in [0.4, 0.5) is 0 Å². The van der Waals surface area contributed by atoms with Crippen LogP contribution in [0, 0.1) is 18.3 Å². The highest BCUT2D eigenvalue weighted by molar-refractivity contribution is 7.89. The Morgan fingerprint density at radius 2 is 2.12 bits per heavy atom. The van der Waals surface area contributed by atoms with E-state index in [0.29, 0.717) is 28.3 Å². The smallest absolute Gasteiger partial charge is 0.222 e. The van der Waals surface area contributed by atoms with Crippen LogP contribution in [0.25, 0.3) is 5.65 Å². The summed E-state index contributed by atoms with van der Waals surface area (Å²) in [6.45, 7) is 1.95. The highest BCUT2D eigenvalue weighted by Gasteiger charge is 2.23. The monoisotopic (exact) mass is 389 g/mol. The van der Waals surface area contributed by atoms with Crippen molar-refractivity contribution in [3.05, 3.63) is 58.5 Å². The van der Waals surface area contributed by atoms with Crippen molar-refractivity contribution in [1.29, 1.82) is 5.26 Å². The molecule has 134 valence electrons. The third kappa shape index (κ3) is 3.42. The molecule has 9 heteroatoms. The van der Waals surface area contributed by atoms with Crippen molar-refractivity contribution in [3.8, 4) is 6.07 Å². The second-order valence-electron chi connectivity index (χ2n) is 5.86. The highest BCUT2D eigenvalue weighted by Crippen LogP contribution is 2.21. The van der Waals surface area contributed by atoms with Crippen molar-refractivity contribution >= 4 is 27.3 Å². The van der Waals surface area contributed by atoms with E-state index in [9.17, 15) is 8.42 Å². The number of fused-ring (bicyclic) bond motifs is 1. The summed E-state index contributed by atoms with van der Waals surface area (Å²) in [6, 6.07) is 8.24.